The Balaban J connectivity index is 4.32. The van der Waals surface area contributed by atoms with Crippen molar-refractivity contribution in [1.82, 2.24) is 0 Å². The molecule has 6 heteroatoms. The molecule has 0 fully saturated rings. The molecule has 0 saturated carbocycles. The number of esters is 3. The normalized spacial score (nSPS) is 12.5. The van der Waals surface area contributed by atoms with Crippen LogP contribution in [0.3, 0.4) is 0 Å². The van der Waals surface area contributed by atoms with E-state index >= 15 is 0 Å². The molecule has 64 heavy (non-hydrogen) atoms. The van der Waals surface area contributed by atoms with Gasteiger partial charge in [-0.25, -0.2) is 0 Å². The minimum absolute atomic E-state index is 0.0790. The van der Waals surface area contributed by atoms with Crippen LogP contribution in [-0.4, -0.2) is 37.2 Å². The van der Waals surface area contributed by atoms with Gasteiger partial charge in [-0.15, -0.1) is 0 Å². The van der Waals surface area contributed by atoms with Gasteiger partial charge in [0.15, 0.2) is 6.10 Å². The molecule has 370 valence electrons. The van der Waals surface area contributed by atoms with Crippen molar-refractivity contribution in [3.05, 3.63) is 60.8 Å². The first-order valence-electron chi connectivity index (χ1n) is 27.3. The van der Waals surface area contributed by atoms with Crippen LogP contribution in [0, 0.1) is 0 Å². The van der Waals surface area contributed by atoms with Crippen LogP contribution < -0.4 is 0 Å². The summed E-state index contributed by atoms with van der Waals surface area (Å²) in [7, 11) is 0. The molecule has 0 rings (SSSR count). The van der Waals surface area contributed by atoms with Gasteiger partial charge >= 0.3 is 17.9 Å². The summed E-state index contributed by atoms with van der Waals surface area (Å²) in [6.45, 7) is 6.49. The number of carbonyl (C=O) groups is 3. The summed E-state index contributed by atoms with van der Waals surface area (Å²) in [5.41, 5.74) is 0. The van der Waals surface area contributed by atoms with Gasteiger partial charge in [-0.2, -0.15) is 0 Å². The second-order valence-electron chi connectivity index (χ2n) is 18.1. The summed E-state index contributed by atoms with van der Waals surface area (Å²) in [6.07, 6.45) is 64.9. The Morgan fingerprint density at radius 1 is 0.328 bits per heavy atom. The SMILES string of the molecule is CC/C=C\C/C=C\C/C=C\C/C=C\CCCCCCCCCCC(=O)OCC(COC(=O)CCCCCCC/C=C\CCCC)OC(=O)CCCCCCCCCCCCCCCC. The Bertz CT molecular complexity index is 1170. The van der Waals surface area contributed by atoms with Gasteiger partial charge < -0.3 is 14.2 Å². The molecule has 0 aromatic heterocycles. The van der Waals surface area contributed by atoms with Gasteiger partial charge in [0.1, 0.15) is 13.2 Å². The largest absolute Gasteiger partial charge is 0.462 e. The first kappa shape index (κ1) is 61.1. The van der Waals surface area contributed by atoms with Crippen molar-refractivity contribution in [2.24, 2.45) is 0 Å². The highest BCUT2D eigenvalue weighted by Crippen LogP contribution is 2.16. The van der Waals surface area contributed by atoms with E-state index < -0.39 is 6.10 Å². The molecule has 0 spiro atoms. The minimum Gasteiger partial charge on any atom is -0.462 e. The Morgan fingerprint density at radius 3 is 1.02 bits per heavy atom. The monoisotopic (exact) mass is 895 g/mol. The van der Waals surface area contributed by atoms with Crippen molar-refractivity contribution in [1.29, 1.82) is 0 Å². The molecule has 0 amide bonds. The summed E-state index contributed by atoms with van der Waals surface area (Å²) in [5.74, 6) is -0.887. The van der Waals surface area contributed by atoms with E-state index in [2.05, 4.69) is 81.5 Å². The summed E-state index contributed by atoms with van der Waals surface area (Å²) < 4.78 is 16.8. The van der Waals surface area contributed by atoms with E-state index in [4.69, 9.17) is 14.2 Å². The summed E-state index contributed by atoms with van der Waals surface area (Å²) in [4.78, 5) is 38.0. The molecule has 0 radical (unpaired) electrons. The van der Waals surface area contributed by atoms with Gasteiger partial charge in [-0.3, -0.25) is 14.4 Å². The zero-order chi connectivity index (χ0) is 46.5. The van der Waals surface area contributed by atoms with Crippen molar-refractivity contribution < 1.29 is 28.6 Å². The van der Waals surface area contributed by atoms with Crippen LogP contribution in [0.15, 0.2) is 60.8 Å². The number of unbranched alkanes of at least 4 members (excludes halogenated alkanes) is 28. The highest BCUT2D eigenvalue weighted by atomic mass is 16.6. The van der Waals surface area contributed by atoms with Crippen LogP contribution in [-0.2, 0) is 28.6 Å². The first-order chi connectivity index (χ1) is 31.5. The Labute approximate surface area is 396 Å². The third kappa shape index (κ3) is 50.1. The summed E-state index contributed by atoms with van der Waals surface area (Å²) >= 11 is 0. The van der Waals surface area contributed by atoms with E-state index in [0.717, 1.165) is 96.3 Å². The molecule has 6 nitrogen and oxygen atoms in total. The van der Waals surface area contributed by atoms with E-state index in [1.807, 2.05) is 0 Å². The van der Waals surface area contributed by atoms with Crippen molar-refractivity contribution in [3.63, 3.8) is 0 Å². The Kier molecular flexibility index (Phi) is 50.4. The first-order valence-corrected chi connectivity index (χ1v) is 27.3. The maximum atomic E-state index is 12.8. The predicted molar refractivity (Wildman–Crippen MR) is 275 cm³/mol. The van der Waals surface area contributed by atoms with Crippen molar-refractivity contribution in [2.75, 3.05) is 13.2 Å². The molecule has 0 aromatic carbocycles. The molecule has 0 aliphatic rings. The van der Waals surface area contributed by atoms with Crippen LogP contribution in [0.25, 0.3) is 0 Å². The van der Waals surface area contributed by atoms with Crippen molar-refractivity contribution in [2.45, 2.75) is 277 Å². The van der Waals surface area contributed by atoms with E-state index in [1.54, 1.807) is 0 Å². The number of ether oxygens (including phenoxy) is 3. The third-order valence-corrected chi connectivity index (χ3v) is 11.8. The topological polar surface area (TPSA) is 78.9 Å². The van der Waals surface area contributed by atoms with Crippen LogP contribution in [0.5, 0.6) is 0 Å². The Hall–Kier alpha value is -2.89. The number of carbonyl (C=O) groups excluding carboxylic acids is 3. The van der Waals surface area contributed by atoms with E-state index in [1.165, 1.54) is 135 Å². The van der Waals surface area contributed by atoms with Gasteiger partial charge in [0.2, 0.25) is 0 Å². The maximum Gasteiger partial charge on any atom is 0.306 e. The van der Waals surface area contributed by atoms with Crippen molar-refractivity contribution >= 4 is 17.9 Å². The molecular formula is C58H102O6. The standard InChI is InChI=1S/C58H102O6/c1-4-7-10-13-16-19-22-24-26-27-28-29-30-31-32-34-36-39-42-45-48-51-57(60)63-54-55(53-62-56(59)50-47-44-41-38-35-21-18-15-12-9-6-3)64-58(61)52-49-46-43-40-37-33-25-23-20-17-14-11-8-5-2/h7,10,15-16,18-19,24,26,28-29,55H,4-6,8-9,11-14,17,20-23,25,27,30-54H2,1-3H3/b10-7-,18-15-,19-16-,26-24-,29-28-. The predicted octanol–water partition coefficient (Wildman–Crippen LogP) is 18.0. The lowest BCUT2D eigenvalue weighted by molar-refractivity contribution is -0.167. The average Bonchev–Trinajstić information content (AvgIpc) is 3.29. The lowest BCUT2D eigenvalue weighted by Gasteiger charge is -2.18. The van der Waals surface area contributed by atoms with E-state index in [-0.39, 0.29) is 31.1 Å². The van der Waals surface area contributed by atoms with Gasteiger partial charge in [-0.05, 0) is 77.0 Å². The zero-order valence-electron chi connectivity index (χ0n) is 42.3. The molecule has 0 N–H and O–H groups in total. The molecular weight excluding hydrogens is 793 g/mol. The average molecular weight is 895 g/mol. The Morgan fingerprint density at radius 2 is 0.625 bits per heavy atom. The fourth-order valence-corrected chi connectivity index (χ4v) is 7.65. The molecule has 0 aliphatic carbocycles. The molecule has 0 aliphatic heterocycles. The van der Waals surface area contributed by atoms with Gasteiger partial charge in [0.05, 0.1) is 0 Å². The van der Waals surface area contributed by atoms with Gasteiger partial charge in [-0.1, -0.05) is 236 Å². The van der Waals surface area contributed by atoms with Crippen molar-refractivity contribution in [3.8, 4) is 0 Å². The number of hydrogen-bond acceptors (Lipinski definition) is 6. The molecule has 0 saturated heterocycles. The fourth-order valence-electron chi connectivity index (χ4n) is 7.65. The third-order valence-electron chi connectivity index (χ3n) is 11.8. The van der Waals surface area contributed by atoms with Crippen LogP contribution in [0.1, 0.15) is 271 Å². The molecule has 0 heterocycles. The second-order valence-corrected chi connectivity index (χ2v) is 18.1. The van der Waals surface area contributed by atoms with Crippen LogP contribution in [0.2, 0.25) is 0 Å². The van der Waals surface area contributed by atoms with E-state index in [0.29, 0.717) is 19.3 Å². The van der Waals surface area contributed by atoms with E-state index in [9.17, 15) is 14.4 Å². The minimum atomic E-state index is -0.777. The lowest BCUT2D eigenvalue weighted by atomic mass is 10.0. The highest BCUT2D eigenvalue weighted by molar-refractivity contribution is 5.71. The lowest BCUT2D eigenvalue weighted by Crippen LogP contribution is -2.30. The molecule has 0 aromatic rings. The maximum absolute atomic E-state index is 12.8. The van der Waals surface area contributed by atoms with Crippen LogP contribution >= 0.6 is 0 Å². The number of hydrogen-bond donors (Lipinski definition) is 0. The van der Waals surface area contributed by atoms with Crippen LogP contribution in [0.4, 0.5) is 0 Å². The zero-order valence-corrected chi connectivity index (χ0v) is 42.3. The second kappa shape index (κ2) is 52.7. The fraction of sp³-hybridized carbons (Fsp3) is 0.776. The summed E-state index contributed by atoms with van der Waals surface area (Å²) in [6, 6.07) is 0. The van der Waals surface area contributed by atoms with Gasteiger partial charge in [0.25, 0.3) is 0 Å². The summed E-state index contributed by atoms with van der Waals surface area (Å²) in [5, 5.41) is 0. The number of allylic oxidation sites excluding steroid dienone is 10. The smallest absolute Gasteiger partial charge is 0.306 e. The molecule has 1 unspecified atom stereocenters. The highest BCUT2D eigenvalue weighted by Gasteiger charge is 2.19. The van der Waals surface area contributed by atoms with Gasteiger partial charge in [0, 0.05) is 19.3 Å². The quantitative estimate of drug-likeness (QED) is 0.0262. The molecule has 1 atom stereocenters. The number of rotatable bonds is 49. The molecule has 0 bridgehead atoms.